The molecule has 0 unspecified atom stereocenters. The summed E-state index contributed by atoms with van der Waals surface area (Å²) in [5, 5.41) is 0. The molecule has 1 N–H and O–H groups in total. The zero-order valence-corrected chi connectivity index (χ0v) is 12.2. The minimum absolute atomic E-state index is 0.679. The van der Waals surface area contributed by atoms with Gasteiger partial charge in [-0.3, -0.25) is 0 Å². The summed E-state index contributed by atoms with van der Waals surface area (Å²) >= 11 is 8.67. The second kappa shape index (κ2) is 4.94. The number of rotatable bonds is 3. The van der Waals surface area contributed by atoms with Gasteiger partial charge in [0.25, 0.3) is 0 Å². The Hall–Kier alpha value is -1.00. The minimum Gasteiger partial charge on any atom is -0.347 e. The number of benzene rings is 1. The van der Waals surface area contributed by atoms with E-state index in [0.717, 1.165) is 16.7 Å². The van der Waals surface area contributed by atoms with E-state index in [2.05, 4.69) is 50.2 Å². The highest BCUT2D eigenvalue weighted by atomic mass is 79.9. The van der Waals surface area contributed by atoms with Gasteiger partial charge in [0.1, 0.15) is 10.5 Å². The molecule has 0 atom stereocenters. The Morgan fingerprint density at radius 2 is 2.00 bits per heavy atom. The van der Waals surface area contributed by atoms with E-state index < -0.39 is 0 Å². The topological polar surface area (TPSA) is 28.7 Å². The molecule has 2 aromatic rings. The van der Waals surface area contributed by atoms with Crippen LogP contribution < -0.4 is 0 Å². The summed E-state index contributed by atoms with van der Waals surface area (Å²) in [7, 11) is 0. The van der Waals surface area contributed by atoms with Crippen LogP contribution in [0.15, 0.2) is 34.8 Å². The lowest BCUT2D eigenvalue weighted by Crippen LogP contribution is -2.00. The van der Waals surface area contributed by atoms with Gasteiger partial charge >= 0.3 is 0 Å². The van der Waals surface area contributed by atoms with Crippen molar-refractivity contribution >= 4 is 28.1 Å². The van der Waals surface area contributed by atoms with Crippen molar-refractivity contribution in [2.45, 2.75) is 25.2 Å². The van der Waals surface area contributed by atoms with Crippen molar-refractivity contribution in [2.75, 3.05) is 0 Å². The summed E-state index contributed by atoms with van der Waals surface area (Å²) in [6.45, 7) is 0. The fraction of sp³-hybridized carbons (Fsp3) is 0.286. The predicted octanol–water partition coefficient (Wildman–Crippen LogP) is 4.37. The third-order valence-electron chi connectivity index (χ3n) is 3.11. The zero-order valence-electron chi connectivity index (χ0n) is 9.82. The van der Waals surface area contributed by atoms with Gasteiger partial charge in [-0.1, -0.05) is 40.3 Å². The first-order valence-corrected chi connectivity index (χ1v) is 7.25. The largest absolute Gasteiger partial charge is 0.347 e. The van der Waals surface area contributed by atoms with E-state index in [1.54, 1.807) is 0 Å². The van der Waals surface area contributed by atoms with Crippen molar-refractivity contribution in [1.29, 1.82) is 0 Å². The monoisotopic (exact) mass is 320 g/mol. The first-order valence-electron chi connectivity index (χ1n) is 6.05. The van der Waals surface area contributed by atoms with Crippen LogP contribution >= 0.6 is 28.1 Å². The van der Waals surface area contributed by atoms with Crippen molar-refractivity contribution in [2.24, 2.45) is 0 Å². The van der Waals surface area contributed by atoms with Gasteiger partial charge in [-0.2, -0.15) is 0 Å². The van der Waals surface area contributed by atoms with Crippen LogP contribution in [0.2, 0.25) is 0 Å². The number of aromatic amines is 1. The summed E-state index contributed by atoms with van der Waals surface area (Å²) < 4.78 is 1.79. The summed E-state index contributed by atoms with van der Waals surface area (Å²) in [5.41, 5.74) is 2.49. The smallest absolute Gasteiger partial charge is 0.130 e. The van der Waals surface area contributed by atoms with E-state index in [9.17, 15) is 0 Å². The Morgan fingerprint density at radius 1 is 1.28 bits per heavy atom. The fourth-order valence-corrected chi connectivity index (χ4v) is 2.52. The molecule has 0 saturated heterocycles. The van der Waals surface area contributed by atoms with E-state index in [1.807, 2.05) is 6.07 Å². The molecule has 0 amide bonds. The molecule has 2 nitrogen and oxygen atoms in total. The molecular weight excluding hydrogens is 308 g/mol. The highest BCUT2D eigenvalue weighted by molar-refractivity contribution is 9.10. The summed E-state index contributed by atoms with van der Waals surface area (Å²) in [5.74, 6) is 1.64. The fourth-order valence-electron chi connectivity index (χ4n) is 2.02. The van der Waals surface area contributed by atoms with Crippen LogP contribution in [0.1, 0.15) is 35.8 Å². The first-order chi connectivity index (χ1) is 8.70. The second-order valence-corrected chi connectivity index (χ2v) is 6.03. The van der Waals surface area contributed by atoms with E-state index in [1.165, 1.54) is 24.1 Å². The molecule has 0 bridgehead atoms. The molecular formula is C14H13BrN2S. The Labute approximate surface area is 120 Å². The third-order valence-corrected chi connectivity index (χ3v) is 3.85. The molecule has 1 fully saturated rings. The van der Waals surface area contributed by atoms with Gasteiger partial charge in [0.2, 0.25) is 0 Å². The van der Waals surface area contributed by atoms with Crippen LogP contribution in [0.3, 0.4) is 0 Å². The second-order valence-electron chi connectivity index (χ2n) is 4.70. The molecule has 1 aromatic heterocycles. The summed E-state index contributed by atoms with van der Waals surface area (Å²) in [6.07, 6.45) is 3.34. The average Bonchev–Trinajstić information content (AvgIpc) is 3.15. The predicted molar refractivity (Wildman–Crippen MR) is 78.3 cm³/mol. The van der Waals surface area contributed by atoms with Crippen LogP contribution in [0, 0.1) is 4.64 Å². The van der Waals surface area contributed by atoms with Gasteiger partial charge in [-0.15, -0.1) is 0 Å². The maximum absolute atomic E-state index is 5.23. The highest BCUT2D eigenvalue weighted by Crippen LogP contribution is 2.38. The molecule has 0 radical (unpaired) electrons. The van der Waals surface area contributed by atoms with Crippen LogP contribution in [0.5, 0.6) is 0 Å². The highest BCUT2D eigenvalue weighted by Gasteiger charge is 2.24. The number of H-pyrrole nitrogens is 1. The van der Waals surface area contributed by atoms with E-state index >= 15 is 0 Å². The third kappa shape index (κ3) is 2.87. The van der Waals surface area contributed by atoms with Gasteiger partial charge in [0.05, 0.1) is 0 Å². The van der Waals surface area contributed by atoms with Crippen molar-refractivity contribution < 1.29 is 0 Å². The maximum Gasteiger partial charge on any atom is 0.130 e. The molecule has 3 rings (SSSR count). The van der Waals surface area contributed by atoms with E-state index in [4.69, 9.17) is 12.2 Å². The van der Waals surface area contributed by atoms with E-state index in [0.29, 0.717) is 10.6 Å². The molecule has 1 saturated carbocycles. The van der Waals surface area contributed by atoms with Gasteiger partial charge in [0, 0.05) is 16.6 Å². The average molecular weight is 321 g/mol. The number of hydrogen-bond acceptors (Lipinski definition) is 2. The van der Waals surface area contributed by atoms with Crippen molar-refractivity contribution in [3.05, 3.63) is 56.5 Å². The molecule has 1 aliphatic rings. The zero-order chi connectivity index (χ0) is 12.5. The summed E-state index contributed by atoms with van der Waals surface area (Å²) in [4.78, 5) is 7.83. The standard InChI is InChI=1S/C14H13BrN2S/c15-11-5-1-9(2-6-11)7-13-16-12(10-3-4-10)8-14(18)17-13/h1-2,5-6,8,10H,3-4,7H2,(H,16,17,18). The molecule has 1 aliphatic carbocycles. The Bertz CT molecular complexity index is 614. The number of nitrogens with one attached hydrogen (secondary N) is 1. The SMILES string of the molecule is S=c1cc(C2CC2)[nH]c(Cc2ccc(Br)cc2)n1. The molecule has 0 spiro atoms. The molecule has 1 aromatic carbocycles. The molecule has 0 aliphatic heterocycles. The van der Waals surface area contributed by atoms with E-state index in [-0.39, 0.29) is 0 Å². The first kappa shape index (κ1) is 12.1. The van der Waals surface area contributed by atoms with Crippen molar-refractivity contribution in [1.82, 2.24) is 9.97 Å². The van der Waals surface area contributed by atoms with Gasteiger partial charge < -0.3 is 4.98 Å². The van der Waals surface area contributed by atoms with Crippen LogP contribution in [-0.2, 0) is 6.42 Å². The van der Waals surface area contributed by atoms with Gasteiger partial charge in [-0.05, 0) is 42.5 Å². The normalized spacial score (nSPS) is 14.7. The van der Waals surface area contributed by atoms with Crippen LogP contribution in [0.4, 0.5) is 0 Å². The quantitative estimate of drug-likeness (QED) is 0.851. The lowest BCUT2D eigenvalue weighted by Gasteiger charge is -2.05. The number of nitrogens with zero attached hydrogens (tertiary/aromatic N) is 1. The Balaban J connectivity index is 1.87. The van der Waals surface area contributed by atoms with Crippen LogP contribution in [-0.4, -0.2) is 9.97 Å². The maximum atomic E-state index is 5.23. The lowest BCUT2D eigenvalue weighted by molar-refractivity contribution is 0.893. The minimum atomic E-state index is 0.679. The molecule has 4 heteroatoms. The lowest BCUT2D eigenvalue weighted by atomic mass is 10.1. The molecule has 92 valence electrons. The number of halogens is 1. The molecule has 1 heterocycles. The molecule has 18 heavy (non-hydrogen) atoms. The van der Waals surface area contributed by atoms with Crippen LogP contribution in [0.25, 0.3) is 0 Å². The number of aromatic nitrogens is 2. The van der Waals surface area contributed by atoms with Gasteiger partial charge in [-0.25, -0.2) is 4.98 Å². The van der Waals surface area contributed by atoms with Crippen molar-refractivity contribution in [3.8, 4) is 0 Å². The number of hydrogen-bond donors (Lipinski definition) is 1. The summed E-state index contributed by atoms with van der Waals surface area (Å²) in [6, 6.07) is 10.3. The van der Waals surface area contributed by atoms with Crippen molar-refractivity contribution in [3.63, 3.8) is 0 Å². The Kier molecular flexibility index (Phi) is 3.31. The van der Waals surface area contributed by atoms with Gasteiger partial charge in [0.15, 0.2) is 0 Å². The Morgan fingerprint density at radius 3 is 2.67 bits per heavy atom.